The summed E-state index contributed by atoms with van der Waals surface area (Å²) in [7, 11) is 0. The van der Waals surface area contributed by atoms with Crippen molar-refractivity contribution in [2.45, 2.75) is 38.3 Å². The Hall–Kier alpha value is 0.01000. The van der Waals surface area contributed by atoms with Gasteiger partial charge in [0.05, 0.1) is 0 Å². The zero-order valence-corrected chi connectivity index (χ0v) is 10.9. The number of rotatable bonds is 5. The predicted molar refractivity (Wildman–Crippen MR) is 70.8 cm³/mol. The molecular formula is C12H19NS2. The van der Waals surface area contributed by atoms with Gasteiger partial charge < -0.3 is 5.32 Å². The van der Waals surface area contributed by atoms with Crippen molar-refractivity contribution in [3.05, 3.63) is 22.4 Å². The summed E-state index contributed by atoms with van der Waals surface area (Å²) in [5.74, 6) is 2.63. The van der Waals surface area contributed by atoms with Crippen LogP contribution in [0.15, 0.2) is 17.5 Å². The van der Waals surface area contributed by atoms with Gasteiger partial charge in [0, 0.05) is 22.7 Å². The average molecular weight is 241 g/mol. The molecule has 1 aromatic rings. The van der Waals surface area contributed by atoms with E-state index in [9.17, 15) is 0 Å². The molecule has 1 aliphatic heterocycles. The van der Waals surface area contributed by atoms with Gasteiger partial charge in [-0.3, -0.25) is 0 Å². The van der Waals surface area contributed by atoms with Crippen LogP contribution in [0.2, 0.25) is 0 Å². The summed E-state index contributed by atoms with van der Waals surface area (Å²) >= 11 is 3.97. The van der Waals surface area contributed by atoms with Crippen LogP contribution in [0.25, 0.3) is 0 Å². The summed E-state index contributed by atoms with van der Waals surface area (Å²) in [5, 5.41) is 5.99. The highest BCUT2D eigenvalue weighted by Gasteiger charge is 2.20. The van der Waals surface area contributed by atoms with Gasteiger partial charge in [-0.15, -0.1) is 11.3 Å². The first-order chi connectivity index (χ1) is 7.40. The zero-order valence-electron chi connectivity index (χ0n) is 9.24. The molecular weight excluding hydrogens is 222 g/mol. The molecule has 0 aromatic carbocycles. The summed E-state index contributed by atoms with van der Waals surface area (Å²) in [6.07, 6.45) is 3.87. The van der Waals surface area contributed by atoms with E-state index >= 15 is 0 Å². The van der Waals surface area contributed by atoms with Crippen molar-refractivity contribution in [2.24, 2.45) is 0 Å². The first-order valence-corrected chi connectivity index (χ1v) is 7.80. The second kappa shape index (κ2) is 5.92. The molecule has 2 heterocycles. The van der Waals surface area contributed by atoms with E-state index in [1.807, 2.05) is 11.3 Å². The number of thioether (sulfide) groups is 1. The molecule has 1 nitrogen and oxygen atoms in total. The molecule has 1 N–H and O–H groups in total. The summed E-state index contributed by atoms with van der Waals surface area (Å²) in [4.78, 5) is 1.51. The van der Waals surface area contributed by atoms with Crippen LogP contribution in [0.4, 0.5) is 0 Å². The molecule has 84 valence electrons. The SMILES string of the molecule is CCCC(NC1CCSC1)c1cccs1. The van der Waals surface area contributed by atoms with E-state index in [-0.39, 0.29) is 0 Å². The second-order valence-electron chi connectivity index (χ2n) is 4.08. The summed E-state index contributed by atoms with van der Waals surface area (Å²) in [5.41, 5.74) is 0. The Labute approximate surface area is 101 Å². The maximum atomic E-state index is 3.81. The van der Waals surface area contributed by atoms with Crippen molar-refractivity contribution in [1.82, 2.24) is 5.32 Å². The summed E-state index contributed by atoms with van der Waals surface area (Å²) in [6.45, 7) is 2.27. The minimum atomic E-state index is 0.596. The molecule has 1 aliphatic rings. The van der Waals surface area contributed by atoms with Crippen molar-refractivity contribution in [1.29, 1.82) is 0 Å². The molecule has 0 saturated carbocycles. The molecule has 15 heavy (non-hydrogen) atoms. The fraction of sp³-hybridized carbons (Fsp3) is 0.667. The Bertz CT molecular complexity index is 265. The average Bonchev–Trinajstić information content (AvgIpc) is 2.89. The quantitative estimate of drug-likeness (QED) is 0.844. The van der Waals surface area contributed by atoms with E-state index in [0.717, 1.165) is 6.04 Å². The van der Waals surface area contributed by atoms with Crippen LogP contribution >= 0.6 is 23.1 Å². The van der Waals surface area contributed by atoms with Gasteiger partial charge in [-0.05, 0) is 30.0 Å². The lowest BCUT2D eigenvalue weighted by molar-refractivity contribution is 0.440. The van der Waals surface area contributed by atoms with Crippen LogP contribution < -0.4 is 5.32 Å². The molecule has 1 aromatic heterocycles. The predicted octanol–water partition coefficient (Wildman–Crippen LogP) is 3.68. The molecule has 2 unspecified atom stereocenters. The Morgan fingerprint density at radius 3 is 3.13 bits per heavy atom. The molecule has 1 fully saturated rings. The van der Waals surface area contributed by atoms with Gasteiger partial charge in [0.15, 0.2) is 0 Å². The molecule has 0 radical (unpaired) electrons. The van der Waals surface area contributed by atoms with Crippen molar-refractivity contribution in [3.8, 4) is 0 Å². The number of hydrogen-bond donors (Lipinski definition) is 1. The van der Waals surface area contributed by atoms with E-state index in [1.165, 1.54) is 35.6 Å². The van der Waals surface area contributed by atoms with E-state index in [0.29, 0.717) is 6.04 Å². The van der Waals surface area contributed by atoms with Gasteiger partial charge in [-0.2, -0.15) is 11.8 Å². The van der Waals surface area contributed by atoms with E-state index < -0.39 is 0 Å². The largest absolute Gasteiger partial charge is 0.306 e. The third-order valence-electron chi connectivity index (χ3n) is 2.83. The van der Waals surface area contributed by atoms with Gasteiger partial charge in [-0.25, -0.2) is 0 Å². The smallest absolute Gasteiger partial charge is 0.0417 e. The third kappa shape index (κ3) is 3.23. The topological polar surface area (TPSA) is 12.0 Å². The van der Waals surface area contributed by atoms with Crippen LogP contribution in [0.1, 0.15) is 37.1 Å². The minimum absolute atomic E-state index is 0.596. The monoisotopic (exact) mass is 241 g/mol. The van der Waals surface area contributed by atoms with Gasteiger partial charge in [0.25, 0.3) is 0 Å². The molecule has 3 heteroatoms. The van der Waals surface area contributed by atoms with Crippen molar-refractivity contribution in [3.63, 3.8) is 0 Å². The van der Waals surface area contributed by atoms with Crippen LogP contribution in [0.3, 0.4) is 0 Å². The number of thiophene rings is 1. The molecule has 1 saturated heterocycles. The molecule has 0 aliphatic carbocycles. The highest BCUT2D eigenvalue weighted by atomic mass is 32.2. The van der Waals surface area contributed by atoms with Crippen LogP contribution in [0, 0.1) is 0 Å². The molecule has 0 amide bonds. The fourth-order valence-corrected chi connectivity index (χ4v) is 4.02. The van der Waals surface area contributed by atoms with Crippen LogP contribution in [-0.4, -0.2) is 17.5 Å². The van der Waals surface area contributed by atoms with Crippen molar-refractivity contribution in [2.75, 3.05) is 11.5 Å². The highest BCUT2D eigenvalue weighted by Crippen LogP contribution is 2.26. The lowest BCUT2D eigenvalue weighted by Gasteiger charge is -2.21. The molecule has 2 rings (SSSR count). The highest BCUT2D eigenvalue weighted by molar-refractivity contribution is 7.99. The summed E-state index contributed by atoms with van der Waals surface area (Å²) < 4.78 is 0. The maximum Gasteiger partial charge on any atom is 0.0417 e. The minimum Gasteiger partial charge on any atom is -0.306 e. The third-order valence-corrected chi connectivity index (χ3v) is 4.98. The Morgan fingerprint density at radius 2 is 2.53 bits per heavy atom. The van der Waals surface area contributed by atoms with E-state index in [4.69, 9.17) is 0 Å². The van der Waals surface area contributed by atoms with Gasteiger partial charge >= 0.3 is 0 Å². The molecule has 2 atom stereocenters. The maximum absolute atomic E-state index is 3.81. The summed E-state index contributed by atoms with van der Waals surface area (Å²) in [6, 6.07) is 5.76. The first kappa shape index (κ1) is 11.5. The zero-order chi connectivity index (χ0) is 10.5. The van der Waals surface area contributed by atoms with E-state index in [1.54, 1.807) is 0 Å². The normalized spacial score (nSPS) is 23.1. The van der Waals surface area contributed by atoms with Crippen molar-refractivity contribution >= 4 is 23.1 Å². The number of nitrogens with one attached hydrogen (secondary N) is 1. The number of hydrogen-bond acceptors (Lipinski definition) is 3. The van der Waals surface area contributed by atoms with Gasteiger partial charge in [0.2, 0.25) is 0 Å². The lowest BCUT2D eigenvalue weighted by Crippen LogP contribution is -2.32. The Morgan fingerprint density at radius 1 is 1.60 bits per heavy atom. The molecule has 0 bridgehead atoms. The first-order valence-electron chi connectivity index (χ1n) is 5.77. The van der Waals surface area contributed by atoms with Gasteiger partial charge in [0.1, 0.15) is 0 Å². The van der Waals surface area contributed by atoms with Gasteiger partial charge in [-0.1, -0.05) is 19.4 Å². The molecule has 0 spiro atoms. The van der Waals surface area contributed by atoms with Crippen molar-refractivity contribution < 1.29 is 0 Å². The Balaban J connectivity index is 1.93. The fourth-order valence-electron chi connectivity index (χ4n) is 2.04. The Kier molecular flexibility index (Phi) is 4.54. The van der Waals surface area contributed by atoms with E-state index in [2.05, 4.69) is 41.5 Å². The standard InChI is InChI=1S/C12H19NS2/c1-2-4-11(12-5-3-7-15-12)13-10-6-8-14-9-10/h3,5,7,10-11,13H,2,4,6,8-9H2,1H3. The van der Waals surface area contributed by atoms with Crippen LogP contribution in [-0.2, 0) is 0 Å². The van der Waals surface area contributed by atoms with Crippen LogP contribution in [0.5, 0.6) is 0 Å². The lowest BCUT2D eigenvalue weighted by atomic mass is 10.1. The second-order valence-corrected chi connectivity index (χ2v) is 6.21.